The maximum Gasteiger partial charge on any atom is 0.0413 e. The first-order chi connectivity index (χ1) is 9.89. The molecule has 2 rings (SSSR count). The molecule has 0 unspecified atom stereocenters. The zero-order chi connectivity index (χ0) is 15.5. The highest BCUT2D eigenvalue weighted by Gasteiger charge is 2.19. The van der Waals surface area contributed by atoms with Crippen molar-refractivity contribution >= 4 is 17.3 Å². The molecule has 0 saturated carbocycles. The van der Waals surface area contributed by atoms with Crippen molar-refractivity contribution in [1.29, 1.82) is 0 Å². The zero-order valence-corrected chi connectivity index (χ0v) is 14.5. The Morgan fingerprint density at radius 2 is 1.81 bits per heavy atom. The monoisotopic (exact) mass is 309 g/mol. The smallest absolute Gasteiger partial charge is 0.0413 e. The Balaban J connectivity index is 2.11. The molecule has 4 heteroatoms. The van der Waals surface area contributed by atoms with Crippen LogP contribution < -0.4 is 10.2 Å². The summed E-state index contributed by atoms with van der Waals surface area (Å²) in [6, 6.07) is 6.27. The van der Waals surface area contributed by atoms with Crippen molar-refractivity contribution in [2.24, 2.45) is 0 Å². The highest BCUT2D eigenvalue weighted by molar-refractivity contribution is 6.30. The Labute approximate surface area is 134 Å². The summed E-state index contributed by atoms with van der Waals surface area (Å²) < 4.78 is 0. The van der Waals surface area contributed by atoms with Crippen LogP contribution in [0.3, 0.4) is 0 Å². The predicted molar refractivity (Wildman–Crippen MR) is 92.4 cm³/mol. The number of nitrogens with one attached hydrogen (secondary N) is 1. The topological polar surface area (TPSA) is 18.5 Å². The Hall–Kier alpha value is -0.770. The molecule has 3 nitrogen and oxygen atoms in total. The number of nitrogens with zero attached hydrogens (tertiary/aromatic N) is 2. The van der Waals surface area contributed by atoms with Crippen molar-refractivity contribution < 1.29 is 0 Å². The maximum absolute atomic E-state index is 6.20. The van der Waals surface area contributed by atoms with E-state index < -0.39 is 0 Å². The van der Waals surface area contributed by atoms with Gasteiger partial charge in [-0.05, 0) is 51.1 Å². The van der Waals surface area contributed by atoms with E-state index in [0.29, 0.717) is 0 Å². The van der Waals surface area contributed by atoms with Gasteiger partial charge in [0.2, 0.25) is 0 Å². The van der Waals surface area contributed by atoms with Gasteiger partial charge in [-0.2, -0.15) is 0 Å². The SMILES string of the molecule is CCN1CCN(c2ccc(Cl)cc2CNC(C)(C)C)CC1. The van der Waals surface area contributed by atoms with E-state index in [1.807, 2.05) is 6.07 Å². The van der Waals surface area contributed by atoms with Crippen LogP contribution >= 0.6 is 11.6 Å². The van der Waals surface area contributed by atoms with Crippen molar-refractivity contribution in [2.45, 2.75) is 39.8 Å². The van der Waals surface area contributed by atoms with Gasteiger partial charge in [0.15, 0.2) is 0 Å². The quantitative estimate of drug-likeness (QED) is 0.920. The van der Waals surface area contributed by atoms with E-state index >= 15 is 0 Å². The first-order valence-electron chi connectivity index (χ1n) is 7.90. The van der Waals surface area contributed by atoms with Crippen molar-refractivity contribution in [1.82, 2.24) is 10.2 Å². The molecule has 1 aromatic rings. The zero-order valence-electron chi connectivity index (χ0n) is 13.7. The lowest BCUT2D eigenvalue weighted by Gasteiger charge is -2.37. The van der Waals surface area contributed by atoms with Gasteiger partial charge in [0, 0.05) is 49.0 Å². The fourth-order valence-electron chi connectivity index (χ4n) is 2.67. The molecule has 118 valence electrons. The van der Waals surface area contributed by atoms with Crippen LogP contribution in [0.15, 0.2) is 18.2 Å². The maximum atomic E-state index is 6.20. The van der Waals surface area contributed by atoms with Gasteiger partial charge in [0.05, 0.1) is 0 Å². The average molecular weight is 310 g/mol. The first-order valence-corrected chi connectivity index (χ1v) is 8.27. The number of hydrogen-bond donors (Lipinski definition) is 1. The molecule has 1 aliphatic heterocycles. The summed E-state index contributed by atoms with van der Waals surface area (Å²) in [5, 5.41) is 4.39. The van der Waals surface area contributed by atoms with E-state index in [-0.39, 0.29) is 5.54 Å². The Morgan fingerprint density at radius 3 is 2.38 bits per heavy atom. The van der Waals surface area contributed by atoms with Gasteiger partial charge in [-0.3, -0.25) is 0 Å². The number of rotatable bonds is 4. The van der Waals surface area contributed by atoms with Crippen LogP contribution in [0.1, 0.15) is 33.3 Å². The molecule has 0 radical (unpaired) electrons. The first kappa shape index (κ1) is 16.6. The summed E-state index contributed by atoms with van der Waals surface area (Å²) in [6.07, 6.45) is 0. The minimum absolute atomic E-state index is 0.112. The van der Waals surface area contributed by atoms with Gasteiger partial charge in [-0.15, -0.1) is 0 Å². The Morgan fingerprint density at radius 1 is 1.14 bits per heavy atom. The lowest BCUT2D eigenvalue weighted by Crippen LogP contribution is -2.46. The van der Waals surface area contributed by atoms with Gasteiger partial charge in [-0.1, -0.05) is 18.5 Å². The van der Waals surface area contributed by atoms with Crippen LogP contribution in [0, 0.1) is 0 Å². The largest absolute Gasteiger partial charge is 0.369 e. The predicted octanol–water partition coefficient (Wildman–Crippen LogP) is 3.37. The second-order valence-corrected chi connectivity index (χ2v) is 7.23. The minimum Gasteiger partial charge on any atom is -0.369 e. The van der Waals surface area contributed by atoms with E-state index in [9.17, 15) is 0 Å². The molecule has 0 aliphatic carbocycles. The molecular weight excluding hydrogens is 282 g/mol. The summed E-state index contributed by atoms with van der Waals surface area (Å²) in [7, 11) is 0. The molecule has 1 aromatic carbocycles. The lowest BCUT2D eigenvalue weighted by atomic mass is 10.1. The van der Waals surface area contributed by atoms with E-state index in [2.05, 4.69) is 54.9 Å². The molecule has 0 bridgehead atoms. The van der Waals surface area contributed by atoms with Crippen molar-refractivity contribution in [3.05, 3.63) is 28.8 Å². The number of benzene rings is 1. The molecular formula is C17H28ClN3. The van der Waals surface area contributed by atoms with Crippen LogP contribution in [-0.4, -0.2) is 43.2 Å². The third-order valence-electron chi connectivity index (χ3n) is 4.01. The second kappa shape index (κ2) is 6.99. The summed E-state index contributed by atoms with van der Waals surface area (Å²) in [5.41, 5.74) is 2.73. The van der Waals surface area contributed by atoms with Crippen LogP contribution in [-0.2, 0) is 6.54 Å². The molecule has 0 amide bonds. The van der Waals surface area contributed by atoms with Crippen LogP contribution in [0.4, 0.5) is 5.69 Å². The highest BCUT2D eigenvalue weighted by Crippen LogP contribution is 2.26. The number of halogens is 1. The summed E-state index contributed by atoms with van der Waals surface area (Å²) >= 11 is 6.20. The summed E-state index contributed by atoms with van der Waals surface area (Å²) in [6.45, 7) is 15.3. The third-order valence-corrected chi connectivity index (χ3v) is 4.25. The number of likely N-dealkylation sites (N-methyl/N-ethyl adjacent to an activating group) is 1. The second-order valence-electron chi connectivity index (χ2n) is 6.80. The van der Waals surface area contributed by atoms with Crippen LogP contribution in [0.25, 0.3) is 0 Å². The fourth-order valence-corrected chi connectivity index (χ4v) is 2.86. The van der Waals surface area contributed by atoms with Crippen molar-refractivity contribution in [2.75, 3.05) is 37.6 Å². The van der Waals surface area contributed by atoms with Crippen LogP contribution in [0.2, 0.25) is 5.02 Å². The average Bonchev–Trinajstić information content (AvgIpc) is 2.45. The summed E-state index contributed by atoms with van der Waals surface area (Å²) in [5.74, 6) is 0. The van der Waals surface area contributed by atoms with E-state index in [0.717, 1.165) is 44.3 Å². The van der Waals surface area contributed by atoms with Gasteiger partial charge in [-0.25, -0.2) is 0 Å². The molecule has 1 heterocycles. The van der Waals surface area contributed by atoms with Gasteiger partial charge in [0.1, 0.15) is 0 Å². The van der Waals surface area contributed by atoms with Gasteiger partial charge >= 0.3 is 0 Å². The number of piperazine rings is 1. The molecule has 1 fully saturated rings. The fraction of sp³-hybridized carbons (Fsp3) is 0.647. The highest BCUT2D eigenvalue weighted by atomic mass is 35.5. The number of anilines is 1. The lowest BCUT2D eigenvalue weighted by molar-refractivity contribution is 0.271. The molecule has 1 N–H and O–H groups in total. The van der Waals surface area contributed by atoms with E-state index in [4.69, 9.17) is 11.6 Å². The molecule has 0 spiro atoms. The molecule has 0 atom stereocenters. The van der Waals surface area contributed by atoms with Crippen LogP contribution in [0.5, 0.6) is 0 Å². The Kier molecular flexibility index (Phi) is 5.53. The normalized spacial score (nSPS) is 17.3. The van der Waals surface area contributed by atoms with Gasteiger partial charge < -0.3 is 15.1 Å². The van der Waals surface area contributed by atoms with Gasteiger partial charge in [0.25, 0.3) is 0 Å². The van der Waals surface area contributed by atoms with E-state index in [1.54, 1.807) is 0 Å². The standard InChI is InChI=1S/C17H28ClN3/c1-5-20-8-10-21(11-9-20)16-7-6-15(18)12-14(16)13-19-17(2,3)4/h6-7,12,19H,5,8-11,13H2,1-4H3. The molecule has 21 heavy (non-hydrogen) atoms. The number of hydrogen-bond acceptors (Lipinski definition) is 3. The Bertz CT molecular complexity index is 460. The van der Waals surface area contributed by atoms with Crippen molar-refractivity contribution in [3.63, 3.8) is 0 Å². The molecule has 1 saturated heterocycles. The van der Waals surface area contributed by atoms with E-state index in [1.165, 1.54) is 11.3 Å². The third kappa shape index (κ3) is 4.87. The summed E-state index contributed by atoms with van der Waals surface area (Å²) in [4.78, 5) is 4.99. The minimum atomic E-state index is 0.112. The molecule has 1 aliphatic rings. The van der Waals surface area contributed by atoms with Crippen molar-refractivity contribution in [3.8, 4) is 0 Å². The molecule has 0 aromatic heterocycles.